The number of carbonyl (C=O) groups excluding carboxylic acids is 2. The molecule has 1 aliphatic heterocycles. The van der Waals surface area contributed by atoms with Crippen LogP contribution in [0.3, 0.4) is 0 Å². The van der Waals surface area contributed by atoms with Crippen LogP contribution in [0.15, 0.2) is 42.6 Å². The molecule has 1 unspecified atom stereocenters. The molecule has 2 aromatic rings. The van der Waals surface area contributed by atoms with Gasteiger partial charge in [-0.2, -0.15) is 0 Å². The Kier molecular flexibility index (Phi) is 5.73. The molecule has 2 amide bonds. The second-order valence-corrected chi connectivity index (χ2v) is 6.81. The molecule has 6 heteroatoms. The van der Waals surface area contributed by atoms with Gasteiger partial charge in [-0.15, -0.1) is 0 Å². The number of hydrogen-bond donors (Lipinski definition) is 3. The van der Waals surface area contributed by atoms with E-state index >= 15 is 0 Å². The van der Waals surface area contributed by atoms with E-state index in [4.69, 9.17) is 0 Å². The number of nitrogens with zero attached hydrogens (tertiary/aromatic N) is 1. The van der Waals surface area contributed by atoms with E-state index in [2.05, 4.69) is 40.6 Å². The molecule has 1 fully saturated rings. The van der Waals surface area contributed by atoms with Gasteiger partial charge in [-0.1, -0.05) is 6.07 Å². The predicted octanol–water partition coefficient (Wildman–Crippen LogP) is 1.13. The minimum absolute atomic E-state index is 0.0193. The fraction of sp³-hybridized carbons (Fsp3) is 0.400. The zero-order valence-corrected chi connectivity index (χ0v) is 15.4. The van der Waals surface area contributed by atoms with Crippen LogP contribution < -0.4 is 15.5 Å². The first-order valence-corrected chi connectivity index (χ1v) is 9.22. The second kappa shape index (κ2) is 8.19. The van der Waals surface area contributed by atoms with Gasteiger partial charge >= 0.3 is 0 Å². The minimum Gasteiger partial charge on any atom is -0.352 e. The molecule has 3 N–H and O–H groups in total. The summed E-state index contributed by atoms with van der Waals surface area (Å²) >= 11 is 0. The first kappa shape index (κ1) is 18.2. The van der Waals surface area contributed by atoms with Crippen molar-refractivity contribution in [2.75, 3.05) is 25.0 Å². The summed E-state index contributed by atoms with van der Waals surface area (Å²) < 4.78 is 2.14. The van der Waals surface area contributed by atoms with E-state index in [0.29, 0.717) is 30.4 Å². The SMILES string of the molecule is CCNC(=O)c1cccc(NC(=O)C[NH+]2CCC[C@@H]2c2cccn2C)c1. The van der Waals surface area contributed by atoms with Gasteiger partial charge in [0.25, 0.3) is 11.8 Å². The van der Waals surface area contributed by atoms with Crippen LogP contribution in [0.25, 0.3) is 0 Å². The average molecular weight is 355 g/mol. The van der Waals surface area contributed by atoms with E-state index in [1.54, 1.807) is 18.2 Å². The number of carbonyl (C=O) groups is 2. The minimum atomic E-state index is -0.127. The molecule has 0 bridgehead atoms. The summed E-state index contributed by atoms with van der Waals surface area (Å²) in [5, 5.41) is 5.71. The lowest BCUT2D eigenvalue weighted by Crippen LogP contribution is -3.11. The summed E-state index contributed by atoms with van der Waals surface area (Å²) in [6.07, 6.45) is 4.29. The van der Waals surface area contributed by atoms with Crippen molar-refractivity contribution in [2.24, 2.45) is 7.05 Å². The summed E-state index contributed by atoms with van der Waals surface area (Å²) in [5.74, 6) is -0.147. The average Bonchev–Trinajstić information content (AvgIpc) is 3.23. The number of quaternary nitrogens is 1. The van der Waals surface area contributed by atoms with Crippen molar-refractivity contribution >= 4 is 17.5 Å². The van der Waals surface area contributed by atoms with Crippen molar-refractivity contribution in [3.8, 4) is 0 Å². The smallest absolute Gasteiger partial charge is 0.279 e. The van der Waals surface area contributed by atoms with Gasteiger partial charge in [0, 0.05) is 43.9 Å². The highest BCUT2D eigenvalue weighted by molar-refractivity contribution is 5.97. The Morgan fingerprint density at radius 3 is 2.85 bits per heavy atom. The maximum atomic E-state index is 12.5. The van der Waals surface area contributed by atoms with Gasteiger partial charge in [-0.05, 0) is 37.3 Å². The van der Waals surface area contributed by atoms with Gasteiger partial charge in [-0.3, -0.25) is 9.59 Å². The van der Waals surface area contributed by atoms with Crippen LogP contribution in [0.2, 0.25) is 0 Å². The van der Waals surface area contributed by atoms with Crippen LogP contribution in [-0.4, -0.2) is 36.0 Å². The van der Waals surface area contributed by atoms with Crippen molar-refractivity contribution in [3.05, 3.63) is 53.9 Å². The quantitative estimate of drug-likeness (QED) is 0.727. The third-order valence-electron chi connectivity index (χ3n) is 4.96. The lowest BCUT2D eigenvalue weighted by Gasteiger charge is -2.21. The Labute approximate surface area is 154 Å². The number of amides is 2. The summed E-state index contributed by atoms with van der Waals surface area (Å²) in [7, 11) is 2.05. The van der Waals surface area contributed by atoms with E-state index in [9.17, 15) is 9.59 Å². The van der Waals surface area contributed by atoms with E-state index in [1.807, 2.05) is 13.0 Å². The molecule has 1 aromatic heterocycles. The Morgan fingerprint density at radius 2 is 2.12 bits per heavy atom. The van der Waals surface area contributed by atoms with Crippen molar-refractivity contribution < 1.29 is 14.5 Å². The Balaban J connectivity index is 1.63. The third-order valence-corrected chi connectivity index (χ3v) is 4.96. The molecule has 1 aromatic carbocycles. The molecule has 2 atom stereocenters. The number of nitrogens with one attached hydrogen (secondary N) is 3. The summed E-state index contributed by atoms with van der Waals surface area (Å²) in [4.78, 5) is 25.8. The Hall–Kier alpha value is -2.60. The van der Waals surface area contributed by atoms with Crippen LogP contribution in [0.5, 0.6) is 0 Å². The number of likely N-dealkylation sites (tertiary alicyclic amines) is 1. The third kappa shape index (κ3) is 4.14. The number of rotatable bonds is 6. The molecule has 0 aliphatic carbocycles. The van der Waals surface area contributed by atoms with E-state index in [0.717, 1.165) is 19.4 Å². The topological polar surface area (TPSA) is 67.6 Å². The molecule has 1 aliphatic rings. The number of anilines is 1. The van der Waals surface area contributed by atoms with Gasteiger partial charge in [-0.25, -0.2) is 0 Å². The summed E-state index contributed by atoms with van der Waals surface area (Å²) in [5.41, 5.74) is 2.50. The van der Waals surface area contributed by atoms with Gasteiger partial charge in [0.1, 0.15) is 6.04 Å². The second-order valence-electron chi connectivity index (χ2n) is 6.81. The molecule has 1 saturated heterocycles. The van der Waals surface area contributed by atoms with Crippen molar-refractivity contribution in [2.45, 2.75) is 25.8 Å². The van der Waals surface area contributed by atoms with Crippen LogP contribution in [0.1, 0.15) is 41.9 Å². The highest BCUT2D eigenvalue weighted by Crippen LogP contribution is 2.19. The molecule has 2 heterocycles. The summed E-state index contributed by atoms with van der Waals surface area (Å²) in [6.45, 7) is 3.89. The first-order valence-electron chi connectivity index (χ1n) is 9.22. The maximum absolute atomic E-state index is 12.5. The highest BCUT2D eigenvalue weighted by atomic mass is 16.2. The predicted molar refractivity (Wildman–Crippen MR) is 101 cm³/mol. The fourth-order valence-corrected chi connectivity index (χ4v) is 3.73. The van der Waals surface area contributed by atoms with E-state index in [1.165, 1.54) is 10.6 Å². The fourth-order valence-electron chi connectivity index (χ4n) is 3.73. The number of aromatic nitrogens is 1. The Morgan fingerprint density at radius 1 is 1.27 bits per heavy atom. The number of aryl methyl sites for hydroxylation is 1. The van der Waals surface area contributed by atoms with Crippen molar-refractivity contribution in [1.82, 2.24) is 9.88 Å². The monoisotopic (exact) mass is 355 g/mol. The van der Waals surface area contributed by atoms with E-state index < -0.39 is 0 Å². The molecular formula is C20H27N4O2+. The zero-order chi connectivity index (χ0) is 18.5. The highest BCUT2D eigenvalue weighted by Gasteiger charge is 2.32. The Bertz CT molecular complexity index is 784. The molecule has 0 spiro atoms. The molecule has 0 radical (unpaired) electrons. The van der Waals surface area contributed by atoms with Crippen LogP contribution >= 0.6 is 0 Å². The number of hydrogen-bond acceptors (Lipinski definition) is 2. The van der Waals surface area contributed by atoms with Gasteiger partial charge in [0.15, 0.2) is 6.54 Å². The first-order chi connectivity index (χ1) is 12.6. The van der Waals surface area contributed by atoms with Crippen LogP contribution in [-0.2, 0) is 11.8 Å². The lowest BCUT2D eigenvalue weighted by molar-refractivity contribution is -0.910. The van der Waals surface area contributed by atoms with Crippen LogP contribution in [0, 0.1) is 0 Å². The van der Waals surface area contributed by atoms with Crippen LogP contribution in [0.4, 0.5) is 5.69 Å². The zero-order valence-electron chi connectivity index (χ0n) is 15.4. The van der Waals surface area contributed by atoms with Crippen molar-refractivity contribution in [3.63, 3.8) is 0 Å². The maximum Gasteiger partial charge on any atom is 0.279 e. The molecule has 3 rings (SSSR count). The molecular weight excluding hydrogens is 328 g/mol. The normalized spacial score (nSPS) is 19.3. The van der Waals surface area contributed by atoms with Crippen molar-refractivity contribution in [1.29, 1.82) is 0 Å². The molecule has 6 nitrogen and oxygen atoms in total. The molecule has 138 valence electrons. The number of benzene rings is 1. The van der Waals surface area contributed by atoms with E-state index in [-0.39, 0.29) is 11.8 Å². The summed E-state index contributed by atoms with van der Waals surface area (Å²) in [6, 6.07) is 11.6. The van der Waals surface area contributed by atoms with Gasteiger partial charge < -0.3 is 20.1 Å². The lowest BCUT2D eigenvalue weighted by atomic mass is 10.1. The van der Waals surface area contributed by atoms with Gasteiger partial charge in [0.2, 0.25) is 0 Å². The molecule has 26 heavy (non-hydrogen) atoms. The molecule has 0 saturated carbocycles. The largest absolute Gasteiger partial charge is 0.352 e. The van der Waals surface area contributed by atoms with Gasteiger partial charge in [0.05, 0.1) is 12.2 Å². The standard InChI is InChI=1S/C20H26N4O2/c1-3-21-20(26)15-7-4-8-16(13-15)22-19(25)14-24-12-6-10-18(24)17-9-5-11-23(17)2/h4-5,7-9,11,13,18H,3,6,10,12,14H2,1-2H3,(H,21,26)(H,22,25)/p+1/t18-/m1/s1.